The van der Waals surface area contributed by atoms with Crippen LogP contribution in [-0.4, -0.2) is 36.1 Å². The van der Waals surface area contributed by atoms with Crippen molar-refractivity contribution in [2.75, 3.05) is 37.2 Å². The molecule has 4 nitrogen and oxygen atoms in total. The minimum atomic E-state index is 0.568. The van der Waals surface area contributed by atoms with Crippen LogP contribution in [0.2, 0.25) is 0 Å². The van der Waals surface area contributed by atoms with E-state index in [-0.39, 0.29) is 0 Å². The van der Waals surface area contributed by atoms with Crippen molar-refractivity contribution in [3.8, 4) is 0 Å². The Morgan fingerprint density at radius 1 is 1.43 bits per heavy atom. The highest BCUT2D eigenvalue weighted by Gasteiger charge is 2.11. The van der Waals surface area contributed by atoms with Crippen molar-refractivity contribution in [1.82, 2.24) is 9.88 Å². The van der Waals surface area contributed by atoms with E-state index in [0.29, 0.717) is 5.82 Å². The zero-order valence-electron chi connectivity index (χ0n) is 8.24. The third-order valence-electron chi connectivity index (χ3n) is 2.49. The lowest BCUT2D eigenvalue weighted by atomic mass is 10.2. The molecule has 2 rings (SSSR count). The van der Waals surface area contributed by atoms with Gasteiger partial charge in [-0.2, -0.15) is 0 Å². The first-order chi connectivity index (χ1) is 6.84. The normalized spacial score (nSPS) is 16.3. The molecular formula is C10H16N4. The van der Waals surface area contributed by atoms with Crippen LogP contribution in [0.4, 0.5) is 11.5 Å². The second-order valence-corrected chi connectivity index (χ2v) is 3.59. The van der Waals surface area contributed by atoms with E-state index >= 15 is 0 Å². The number of hydrogen-bond donors (Lipinski definition) is 2. The van der Waals surface area contributed by atoms with Gasteiger partial charge in [-0.15, -0.1) is 0 Å². The summed E-state index contributed by atoms with van der Waals surface area (Å²) in [6.45, 7) is 4.60. The lowest BCUT2D eigenvalue weighted by Crippen LogP contribution is -2.40. The topological polar surface area (TPSA) is 54.2 Å². The Hall–Kier alpha value is -1.29. The van der Waals surface area contributed by atoms with Gasteiger partial charge in [0.15, 0.2) is 0 Å². The summed E-state index contributed by atoms with van der Waals surface area (Å²) in [5.41, 5.74) is 6.53. The highest BCUT2D eigenvalue weighted by molar-refractivity contribution is 5.45. The molecule has 1 aliphatic rings. The van der Waals surface area contributed by atoms with Crippen LogP contribution in [0.1, 0.15) is 6.42 Å². The maximum atomic E-state index is 5.49. The number of aromatic nitrogens is 1. The van der Waals surface area contributed by atoms with Gasteiger partial charge in [0.2, 0.25) is 0 Å². The summed E-state index contributed by atoms with van der Waals surface area (Å²) in [4.78, 5) is 6.44. The molecule has 1 aliphatic heterocycles. The molecule has 14 heavy (non-hydrogen) atoms. The first-order valence-electron chi connectivity index (χ1n) is 5.02. The first kappa shape index (κ1) is 9.27. The fourth-order valence-corrected chi connectivity index (χ4v) is 1.47. The average Bonchev–Trinajstić information content (AvgIpc) is 2.12. The number of hydrogen-bond acceptors (Lipinski definition) is 4. The molecule has 4 heteroatoms. The molecule has 0 unspecified atom stereocenters. The van der Waals surface area contributed by atoms with Crippen molar-refractivity contribution in [2.24, 2.45) is 0 Å². The van der Waals surface area contributed by atoms with Crippen LogP contribution in [-0.2, 0) is 0 Å². The zero-order chi connectivity index (χ0) is 9.80. The summed E-state index contributed by atoms with van der Waals surface area (Å²) < 4.78 is 0. The van der Waals surface area contributed by atoms with Crippen LogP contribution in [0.3, 0.4) is 0 Å². The second kappa shape index (κ2) is 4.28. The van der Waals surface area contributed by atoms with Gasteiger partial charge in [-0.05, 0) is 31.6 Å². The molecule has 0 bridgehead atoms. The van der Waals surface area contributed by atoms with Crippen LogP contribution >= 0.6 is 0 Å². The van der Waals surface area contributed by atoms with Crippen LogP contribution in [0.5, 0.6) is 0 Å². The largest absolute Gasteiger partial charge is 0.384 e. The summed E-state index contributed by atoms with van der Waals surface area (Å²) in [5.74, 6) is 0.568. The molecule has 3 N–H and O–H groups in total. The molecule has 0 atom stereocenters. The van der Waals surface area contributed by atoms with Crippen molar-refractivity contribution >= 4 is 11.5 Å². The van der Waals surface area contributed by atoms with Crippen LogP contribution in [0.15, 0.2) is 18.3 Å². The standard InChI is InChI=1S/C10H16N4/c11-10-3-2-9(8-13-10)12-4-7-14-5-1-6-14/h2-3,8,12H,1,4-7H2,(H2,11,13). The summed E-state index contributed by atoms with van der Waals surface area (Å²) in [5, 5.41) is 3.31. The van der Waals surface area contributed by atoms with Crippen LogP contribution in [0, 0.1) is 0 Å². The van der Waals surface area contributed by atoms with Crippen molar-refractivity contribution in [1.29, 1.82) is 0 Å². The highest BCUT2D eigenvalue weighted by atomic mass is 15.2. The smallest absolute Gasteiger partial charge is 0.123 e. The zero-order valence-corrected chi connectivity index (χ0v) is 8.24. The van der Waals surface area contributed by atoms with Gasteiger partial charge in [-0.1, -0.05) is 0 Å². The van der Waals surface area contributed by atoms with E-state index in [0.717, 1.165) is 18.8 Å². The number of likely N-dealkylation sites (tertiary alicyclic amines) is 1. The van der Waals surface area contributed by atoms with E-state index < -0.39 is 0 Å². The first-order valence-corrected chi connectivity index (χ1v) is 5.02. The molecule has 0 aliphatic carbocycles. The molecular weight excluding hydrogens is 176 g/mol. The van der Waals surface area contributed by atoms with Crippen LogP contribution < -0.4 is 11.1 Å². The summed E-state index contributed by atoms with van der Waals surface area (Å²) in [7, 11) is 0. The average molecular weight is 192 g/mol. The Morgan fingerprint density at radius 2 is 2.29 bits per heavy atom. The van der Waals surface area contributed by atoms with Crippen LogP contribution in [0.25, 0.3) is 0 Å². The van der Waals surface area contributed by atoms with Gasteiger partial charge in [-0.3, -0.25) is 0 Å². The van der Waals surface area contributed by atoms with Gasteiger partial charge in [0.25, 0.3) is 0 Å². The second-order valence-electron chi connectivity index (χ2n) is 3.59. The quantitative estimate of drug-likeness (QED) is 0.740. The molecule has 1 fully saturated rings. The Morgan fingerprint density at radius 3 is 2.86 bits per heavy atom. The Kier molecular flexibility index (Phi) is 2.84. The molecule has 0 spiro atoms. The van der Waals surface area contributed by atoms with E-state index in [1.165, 1.54) is 19.5 Å². The van der Waals surface area contributed by atoms with E-state index in [1.54, 1.807) is 6.20 Å². The van der Waals surface area contributed by atoms with E-state index in [9.17, 15) is 0 Å². The number of pyridine rings is 1. The number of nitrogens with zero attached hydrogens (tertiary/aromatic N) is 2. The minimum Gasteiger partial charge on any atom is -0.384 e. The van der Waals surface area contributed by atoms with Gasteiger partial charge in [0.05, 0.1) is 11.9 Å². The van der Waals surface area contributed by atoms with Gasteiger partial charge in [0, 0.05) is 13.1 Å². The summed E-state index contributed by atoms with van der Waals surface area (Å²) >= 11 is 0. The monoisotopic (exact) mass is 192 g/mol. The molecule has 0 radical (unpaired) electrons. The third kappa shape index (κ3) is 2.35. The third-order valence-corrected chi connectivity index (χ3v) is 2.49. The van der Waals surface area contributed by atoms with Crippen molar-refractivity contribution < 1.29 is 0 Å². The molecule has 0 saturated carbocycles. The lowest BCUT2D eigenvalue weighted by molar-refractivity contribution is 0.189. The Bertz CT molecular complexity index is 279. The molecule has 0 aromatic carbocycles. The summed E-state index contributed by atoms with van der Waals surface area (Å²) in [6.07, 6.45) is 3.12. The van der Waals surface area contributed by atoms with Crippen molar-refractivity contribution in [3.05, 3.63) is 18.3 Å². The van der Waals surface area contributed by atoms with Gasteiger partial charge in [0.1, 0.15) is 5.82 Å². The number of nitrogen functional groups attached to an aromatic ring is 1. The number of rotatable bonds is 4. The van der Waals surface area contributed by atoms with E-state index in [2.05, 4.69) is 15.2 Å². The predicted octanol–water partition coefficient (Wildman–Crippen LogP) is 0.781. The Labute approximate surface area is 84.1 Å². The summed E-state index contributed by atoms with van der Waals surface area (Å²) in [6, 6.07) is 3.77. The van der Waals surface area contributed by atoms with Gasteiger partial charge >= 0.3 is 0 Å². The fraction of sp³-hybridized carbons (Fsp3) is 0.500. The Balaban J connectivity index is 1.71. The lowest BCUT2D eigenvalue weighted by Gasteiger charge is -2.30. The molecule has 1 aromatic rings. The fourth-order valence-electron chi connectivity index (χ4n) is 1.47. The number of anilines is 2. The maximum Gasteiger partial charge on any atom is 0.123 e. The number of nitrogens with two attached hydrogens (primary N) is 1. The molecule has 1 aromatic heterocycles. The molecule has 0 amide bonds. The highest BCUT2D eigenvalue weighted by Crippen LogP contribution is 2.08. The van der Waals surface area contributed by atoms with Gasteiger partial charge in [-0.25, -0.2) is 4.98 Å². The van der Waals surface area contributed by atoms with Gasteiger partial charge < -0.3 is 16.0 Å². The van der Waals surface area contributed by atoms with Crippen molar-refractivity contribution in [3.63, 3.8) is 0 Å². The maximum absolute atomic E-state index is 5.49. The molecule has 1 saturated heterocycles. The predicted molar refractivity (Wildman–Crippen MR) is 58.2 cm³/mol. The molecule has 76 valence electrons. The van der Waals surface area contributed by atoms with E-state index in [4.69, 9.17) is 5.73 Å². The van der Waals surface area contributed by atoms with E-state index in [1.807, 2.05) is 12.1 Å². The van der Waals surface area contributed by atoms with Crippen molar-refractivity contribution in [2.45, 2.75) is 6.42 Å². The number of nitrogens with one attached hydrogen (secondary N) is 1. The minimum absolute atomic E-state index is 0.568. The SMILES string of the molecule is Nc1ccc(NCCN2CCC2)cn1. The molecule has 2 heterocycles.